The summed E-state index contributed by atoms with van der Waals surface area (Å²) >= 11 is 6.20. The van der Waals surface area contributed by atoms with E-state index < -0.39 is 18.2 Å². The average molecular weight is 334 g/mol. The summed E-state index contributed by atoms with van der Waals surface area (Å²) in [5, 5.41) is 0.422. The third-order valence-electron chi connectivity index (χ3n) is 3.23. The number of pyridine rings is 1. The maximum absolute atomic E-state index is 12.0. The number of rotatable bonds is 2. The van der Waals surface area contributed by atoms with Gasteiger partial charge in [-0.3, -0.25) is 0 Å². The summed E-state index contributed by atoms with van der Waals surface area (Å²) in [6.07, 6.45) is -0.619. The Morgan fingerprint density at radius 3 is 2.83 bits per heavy atom. The largest absolute Gasteiger partial charge is 0.475 e. The van der Waals surface area contributed by atoms with Crippen molar-refractivity contribution in [2.45, 2.75) is 6.10 Å². The molecular formula is C15H12ClN3O4. The Bertz CT molecular complexity index is 768. The minimum atomic E-state index is -1.18. The number of anilines is 2. The number of fused-ring (bicyclic) bond motifs is 1. The summed E-state index contributed by atoms with van der Waals surface area (Å²) in [5.74, 6) is 0.0535. The van der Waals surface area contributed by atoms with Gasteiger partial charge in [-0.25, -0.2) is 14.6 Å². The smallest absolute Gasteiger partial charge is 0.412 e. The highest BCUT2D eigenvalue weighted by Gasteiger charge is 2.34. The lowest BCUT2D eigenvalue weighted by molar-refractivity contribution is -0.144. The van der Waals surface area contributed by atoms with Gasteiger partial charge in [0.2, 0.25) is 6.10 Å². The third-order valence-corrected chi connectivity index (χ3v) is 3.53. The van der Waals surface area contributed by atoms with Gasteiger partial charge in [-0.15, -0.1) is 0 Å². The molecule has 1 aliphatic heterocycles. The number of carbonyl (C=O) groups is 2. The Morgan fingerprint density at radius 1 is 1.30 bits per heavy atom. The molecule has 0 fully saturated rings. The van der Waals surface area contributed by atoms with Crippen LogP contribution in [0.3, 0.4) is 0 Å². The van der Waals surface area contributed by atoms with Crippen LogP contribution in [0.15, 0.2) is 42.6 Å². The van der Waals surface area contributed by atoms with Gasteiger partial charge in [0, 0.05) is 6.20 Å². The highest BCUT2D eigenvalue weighted by molar-refractivity contribution is 6.33. The van der Waals surface area contributed by atoms with Crippen LogP contribution >= 0.6 is 11.6 Å². The van der Waals surface area contributed by atoms with Gasteiger partial charge < -0.3 is 20.1 Å². The molecule has 1 aromatic carbocycles. The molecule has 1 aromatic heterocycles. The molecule has 1 unspecified atom stereocenters. The summed E-state index contributed by atoms with van der Waals surface area (Å²) < 4.78 is 10.0. The second kappa shape index (κ2) is 6.13. The monoisotopic (exact) mass is 333 g/mol. The van der Waals surface area contributed by atoms with E-state index in [1.807, 2.05) is 12.1 Å². The van der Waals surface area contributed by atoms with Gasteiger partial charge in [0.15, 0.2) is 5.82 Å². The minimum Gasteiger partial charge on any atom is -0.475 e. The number of ether oxygens (including phenoxy) is 2. The molecule has 7 nitrogen and oxygen atoms in total. The van der Waals surface area contributed by atoms with Gasteiger partial charge in [0.25, 0.3) is 0 Å². The molecule has 3 rings (SSSR count). The van der Waals surface area contributed by atoms with Crippen LogP contribution in [-0.4, -0.2) is 29.7 Å². The first-order valence-electron chi connectivity index (χ1n) is 6.71. The molecular weight excluding hydrogens is 322 g/mol. The maximum Gasteiger partial charge on any atom is 0.412 e. The third kappa shape index (κ3) is 3.04. The van der Waals surface area contributed by atoms with Gasteiger partial charge in [0.1, 0.15) is 5.75 Å². The molecule has 0 saturated carbocycles. The Labute approximate surface area is 136 Å². The van der Waals surface area contributed by atoms with Crippen molar-refractivity contribution in [3.05, 3.63) is 47.6 Å². The number of hydrogen-bond acceptors (Lipinski definition) is 6. The molecule has 8 heteroatoms. The van der Waals surface area contributed by atoms with Gasteiger partial charge in [-0.2, -0.15) is 0 Å². The maximum atomic E-state index is 12.0. The summed E-state index contributed by atoms with van der Waals surface area (Å²) in [4.78, 5) is 28.7. The first-order chi connectivity index (χ1) is 11.1. The van der Waals surface area contributed by atoms with Crippen LogP contribution in [0.2, 0.25) is 5.02 Å². The molecule has 0 aliphatic carbocycles. The van der Waals surface area contributed by atoms with Gasteiger partial charge in [0.05, 0.1) is 17.3 Å². The van der Waals surface area contributed by atoms with Crippen molar-refractivity contribution in [2.75, 3.05) is 11.4 Å². The zero-order valence-corrected chi connectivity index (χ0v) is 12.6. The minimum absolute atomic E-state index is 0.0832. The Balaban J connectivity index is 1.99. The predicted octanol–water partition coefficient (Wildman–Crippen LogP) is 2.26. The number of halogens is 1. The number of nitrogens with zero attached hydrogens (tertiary/aromatic N) is 2. The van der Waals surface area contributed by atoms with E-state index in [-0.39, 0.29) is 6.54 Å². The summed E-state index contributed by atoms with van der Waals surface area (Å²) in [5.41, 5.74) is 5.58. The zero-order valence-electron chi connectivity index (χ0n) is 11.8. The van der Waals surface area contributed by atoms with Crippen molar-refractivity contribution in [3.63, 3.8) is 0 Å². The number of esters is 1. The molecule has 1 amide bonds. The predicted molar refractivity (Wildman–Crippen MR) is 82.8 cm³/mol. The standard InChI is InChI=1S/C15H12ClN3O4/c16-9-4-3-7-18-13(9)19-8-12(14(20)23-15(17)21)22-11-6-2-1-5-10(11)19/h1-7,12H,8H2,(H2,17,21). The number of aromatic nitrogens is 1. The fourth-order valence-electron chi connectivity index (χ4n) is 2.30. The van der Waals surface area contributed by atoms with E-state index in [1.165, 1.54) is 0 Å². The van der Waals surface area contributed by atoms with Crippen molar-refractivity contribution >= 4 is 35.2 Å². The van der Waals surface area contributed by atoms with Gasteiger partial charge in [-0.1, -0.05) is 23.7 Å². The molecule has 0 radical (unpaired) electrons. The van der Waals surface area contributed by atoms with Crippen LogP contribution in [0, 0.1) is 0 Å². The van der Waals surface area contributed by atoms with E-state index in [0.717, 1.165) is 0 Å². The van der Waals surface area contributed by atoms with E-state index >= 15 is 0 Å². The number of carbonyl (C=O) groups excluding carboxylic acids is 2. The SMILES string of the molecule is NC(=O)OC(=O)C1CN(c2ncccc2Cl)c2ccccc2O1. The molecule has 1 aliphatic rings. The summed E-state index contributed by atoms with van der Waals surface area (Å²) in [7, 11) is 0. The topological polar surface area (TPSA) is 94.8 Å². The first-order valence-corrected chi connectivity index (χ1v) is 7.09. The number of primary amides is 1. The number of para-hydroxylation sites is 2. The number of nitrogens with two attached hydrogens (primary N) is 1. The van der Waals surface area contributed by atoms with E-state index in [2.05, 4.69) is 9.72 Å². The molecule has 0 spiro atoms. The highest BCUT2D eigenvalue weighted by Crippen LogP contribution is 2.39. The van der Waals surface area contributed by atoms with Crippen molar-refractivity contribution < 1.29 is 19.1 Å². The summed E-state index contributed by atoms with van der Waals surface area (Å²) in [6, 6.07) is 10.5. The highest BCUT2D eigenvalue weighted by atomic mass is 35.5. The van der Waals surface area contributed by atoms with Crippen LogP contribution < -0.4 is 15.4 Å². The van der Waals surface area contributed by atoms with E-state index in [9.17, 15) is 9.59 Å². The van der Waals surface area contributed by atoms with Crippen LogP contribution in [0.4, 0.5) is 16.3 Å². The first kappa shape index (κ1) is 15.1. The molecule has 0 saturated heterocycles. The molecule has 1 atom stereocenters. The average Bonchev–Trinajstić information content (AvgIpc) is 2.54. The van der Waals surface area contributed by atoms with Crippen LogP contribution in [0.5, 0.6) is 5.75 Å². The number of amides is 1. The van der Waals surface area contributed by atoms with E-state index in [0.29, 0.717) is 22.3 Å². The Morgan fingerprint density at radius 2 is 2.09 bits per heavy atom. The van der Waals surface area contributed by atoms with Crippen molar-refractivity contribution in [1.82, 2.24) is 4.98 Å². The quantitative estimate of drug-likeness (QED) is 0.669. The molecule has 0 bridgehead atoms. The summed E-state index contributed by atoms with van der Waals surface area (Å²) in [6.45, 7) is 0.0832. The Hall–Kier alpha value is -2.80. The van der Waals surface area contributed by atoms with Crippen LogP contribution in [-0.2, 0) is 9.53 Å². The second-order valence-corrected chi connectivity index (χ2v) is 5.14. The van der Waals surface area contributed by atoms with Crippen molar-refractivity contribution in [2.24, 2.45) is 5.73 Å². The molecule has 23 heavy (non-hydrogen) atoms. The van der Waals surface area contributed by atoms with Crippen molar-refractivity contribution in [1.29, 1.82) is 0 Å². The lowest BCUT2D eigenvalue weighted by atomic mass is 10.2. The molecule has 118 valence electrons. The van der Waals surface area contributed by atoms with Crippen LogP contribution in [0.25, 0.3) is 0 Å². The van der Waals surface area contributed by atoms with E-state index in [4.69, 9.17) is 22.1 Å². The number of hydrogen-bond donors (Lipinski definition) is 1. The Kier molecular flexibility index (Phi) is 4.03. The van der Waals surface area contributed by atoms with Crippen LogP contribution in [0.1, 0.15) is 0 Å². The van der Waals surface area contributed by atoms with Gasteiger partial charge >= 0.3 is 12.1 Å². The zero-order chi connectivity index (χ0) is 16.4. The fourth-order valence-corrected chi connectivity index (χ4v) is 2.52. The van der Waals surface area contributed by atoms with E-state index in [1.54, 1.807) is 35.4 Å². The molecule has 2 aromatic rings. The second-order valence-electron chi connectivity index (χ2n) is 4.73. The lowest BCUT2D eigenvalue weighted by Gasteiger charge is -2.34. The van der Waals surface area contributed by atoms with Gasteiger partial charge in [-0.05, 0) is 24.3 Å². The molecule has 2 N–H and O–H groups in total. The lowest BCUT2D eigenvalue weighted by Crippen LogP contribution is -2.44. The molecule has 2 heterocycles. The van der Waals surface area contributed by atoms with Crippen molar-refractivity contribution in [3.8, 4) is 5.75 Å². The number of benzene rings is 1. The fraction of sp³-hybridized carbons (Fsp3) is 0.133. The normalized spacial score (nSPS) is 16.2.